The lowest BCUT2D eigenvalue weighted by atomic mass is 10.2. The summed E-state index contributed by atoms with van der Waals surface area (Å²) in [6, 6.07) is 14.3. The van der Waals surface area contributed by atoms with Gasteiger partial charge in [0.05, 0.1) is 0 Å². The molecule has 1 unspecified atom stereocenters. The summed E-state index contributed by atoms with van der Waals surface area (Å²) in [5.74, 6) is 0.493. The number of nitrogens with zero attached hydrogens (tertiary/aromatic N) is 2. The number of hydrogen-bond acceptors (Lipinski definition) is 3. The average Bonchev–Trinajstić information content (AvgIpc) is 2.90. The molecular formula is C21H24BrFN2O2. The molecule has 3 rings (SSSR count). The molecule has 4 nitrogen and oxygen atoms in total. The fourth-order valence-electron chi connectivity index (χ4n) is 3.24. The van der Waals surface area contributed by atoms with Crippen LogP contribution in [0.3, 0.4) is 0 Å². The number of rotatable bonds is 5. The minimum atomic E-state index is -0.538. The van der Waals surface area contributed by atoms with Crippen LogP contribution in [0.15, 0.2) is 53.0 Å². The Hall–Kier alpha value is -1.92. The van der Waals surface area contributed by atoms with Gasteiger partial charge in [-0.1, -0.05) is 34.1 Å². The molecule has 0 spiro atoms. The molecule has 6 heteroatoms. The monoisotopic (exact) mass is 434 g/mol. The van der Waals surface area contributed by atoms with Gasteiger partial charge in [-0.25, -0.2) is 4.39 Å². The Kier molecular flexibility index (Phi) is 6.85. The molecule has 0 aromatic heterocycles. The molecule has 2 aromatic carbocycles. The highest BCUT2D eigenvalue weighted by molar-refractivity contribution is 9.10. The Labute approximate surface area is 168 Å². The number of ether oxygens (including phenoxy) is 1. The van der Waals surface area contributed by atoms with Crippen LogP contribution in [0.2, 0.25) is 0 Å². The highest BCUT2D eigenvalue weighted by Crippen LogP contribution is 2.18. The Morgan fingerprint density at radius 3 is 2.59 bits per heavy atom. The van der Waals surface area contributed by atoms with Crippen molar-refractivity contribution >= 4 is 21.8 Å². The minimum Gasteiger partial charge on any atom is -0.481 e. The van der Waals surface area contributed by atoms with Crippen LogP contribution < -0.4 is 4.74 Å². The standard InChI is InChI=1S/C21H24BrFN2O2/c1-16(27-19-9-7-18(22)8-10-19)21(26)25-12-4-11-24(13-14-25)15-17-5-2-3-6-20(17)23/h2-3,5-10,16H,4,11-15H2,1H3. The number of benzene rings is 2. The van der Waals surface area contributed by atoms with Crippen molar-refractivity contribution in [2.75, 3.05) is 26.2 Å². The van der Waals surface area contributed by atoms with Crippen LogP contribution in [0.25, 0.3) is 0 Å². The van der Waals surface area contributed by atoms with E-state index in [4.69, 9.17) is 4.74 Å². The average molecular weight is 435 g/mol. The van der Waals surface area contributed by atoms with E-state index < -0.39 is 6.10 Å². The van der Waals surface area contributed by atoms with Gasteiger partial charge in [-0.05, 0) is 43.7 Å². The van der Waals surface area contributed by atoms with Gasteiger partial charge in [0.15, 0.2) is 6.10 Å². The lowest BCUT2D eigenvalue weighted by molar-refractivity contribution is -0.137. The molecule has 0 radical (unpaired) electrons. The fraction of sp³-hybridized carbons (Fsp3) is 0.381. The molecule has 0 aliphatic carbocycles. The molecule has 1 fully saturated rings. The summed E-state index contributed by atoms with van der Waals surface area (Å²) in [5.41, 5.74) is 0.698. The van der Waals surface area contributed by atoms with Gasteiger partial charge in [0.2, 0.25) is 0 Å². The quantitative estimate of drug-likeness (QED) is 0.710. The van der Waals surface area contributed by atoms with Crippen LogP contribution in [-0.4, -0.2) is 48.0 Å². The van der Waals surface area contributed by atoms with Gasteiger partial charge < -0.3 is 9.64 Å². The zero-order valence-corrected chi connectivity index (χ0v) is 17.0. The van der Waals surface area contributed by atoms with Gasteiger partial charge in [-0.3, -0.25) is 9.69 Å². The van der Waals surface area contributed by atoms with E-state index in [1.54, 1.807) is 13.0 Å². The summed E-state index contributed by atoms with van der Waals surface area (Å²) < 4.78 is 20.6. The maximum Gasteiger partial charge on any atom is 0.263 e. The third kappa shape index (κ3) is 5.53. The van der Waals surface area contributed by atoms with Crippen molar-refractivity contribution in [1.29, 1.82) is 0 Å². The van der Waals surface area contributed by atoms with Crippen LogP contribution in [0, 0.1) is 5.82 Å². The summed E-state index contributed by atoms with van der Waals surface area (Å²) in [6.45, 7) is 5.25. The second kappa shape index (κ2) is 9.33. The van der Waals surface area contributed by atoms with Crippen molar-refractivity contribution < 1.29 is 13.9 Å². The number of hydrogen-bond donors (Lipinski definition) is 0. The smallest absolute Gasteiger partial charge is 0.263 e. The Bertz CT molecular complexity index is 769. The third-order valence-electron chi connectivity index (χ3n) is 4.73. The van der Waals surface area contributed by atoms with Crippen molar-refractivity contribution in [2.24, 2.45) is 0 Å². The first kappa shape index (κ1) is 19.8. The van der Waals surface area contributed by atoms with E-state index >= 15 is 0 Å². The van der Waals surface area contributed by atoms with Crippen molar-refractivity contribution in [1.82, 2.24) is 9.80 Å². The van der Waals surface area contributed by atoms with E-state index in [1.807, 2.05) is 41.3 Å². The molecule has 144 valence electrons. The molecule has 1 aliphatic rings. The lowest BCUT2D eigenvalue weighted by Crippen LogP contribution is -2.42. The third-order valence-corrected chi connectivity index (χ3v) is 5.25. The van der Waals surface area contributed by atoms with Gasteiger partial charge >= 0.3 is 0 Å². The van der Waals surface area contributed by atoms with E-state index in [9.17, 15) is 9.18 Å². The molecular weight excluding hydrogens is 411 g/mol. The second-order valence-electron chi connectivity index (χ2n) is 6.76. The van der Waals surface area contributed by atoms with Gasteiger partial charge in [-0.2, -0.15) is 0 Å². The highest BCUT2D eigenvalue weighted by atomic mass is 79.9. The Balaban J connectivity index is 1.54. The van der Waals surface area contributed by atoms with E-state index in [2.05, 4.69) is 20.8 Å². The molecule has 1 heterocycles. The lowest BCUT2D eigenvalue weighted by Gasteiger charge is -2.25. The maximum absolute atomic E-state index is 13.9. The summed E-state index contributed by atoms with van der Waals surface area (Å²) in [6.07, 6.45) is 0.329. The zero-order chi connectivity index (χ0) is 19.2. The first-order valence-corrected chi connectivity index (χ1v) is 9.99. The Morgan fingerprint density at radius 2 is 1.85 bits per heavy atom. The number of amides is 1. The predicted octanol–water partition coefficient (Wildman–Crippen LogP) is 4.09. The summed E-state index contributed by atoms with van der Waals surface area (Å²) in [5, 5.41) is 0. The van der Waals surface area contributed by atoms with Crippen molar-refractivity contribution in [3.63, 3.8) is 0 Å². The first-order valence-electron chi connectivity index (χ1n) is 9.19. The normalized spacial score (nSPS) is 16.6. The summed E-state index contributed by atoms with van der Waals surface area (Å²) in [7, 11) is 0. The van der Waals surface area contributed by atoms with E-state index in [-0.39, 0.29) is 11.7 Å². The predicted molar refractivity (Wildman–Crippen MR) is 107 cm³/mol. The minimum absolute atomic E-state index is 0.00865. The largest absolute Gasteiger partial charge is 0.481 e. The summed E-state index contributed by atoms with van der Waals surface area (Å²) >= 11 is 3.39. The molecule has 0 saturated carbocycles. The maximum atomic E-state index is 13.9. The second-order valence-corrected chi connectivity index (χ2v) is 7.68. The number of halogens is 2. The van der Waals surface area contributed by atoms with Crippen LogP contribution >= 0.6 is 15.9 Å². The van der Waals surface area contributed by atoms with Gasteiger partial charge in [0.25, 0.3) is 5.91 Å². The highest BCUT2D eigenvalue weighted by Gasteiger charge is 2.25. The summed E-state index contributed by atoms with van der Waals surface area (Å²) in [4.78, 5) is 16.8. The van der Waals surface area contributed by atoms with Crippen molar-refractivity contribution in [3.05, 3.63) is 64.4 Å². The van der Waals surface area contributed by atoms with E-state index in [0.29, 0.717) is 30.9 Å². The van der Waals surface area contributed by atoms with Crippen LogP contribution in [0.5, 0.6) is 5.75 Å². The molecule has 1 aliphatic heterocycles. The number of carbonyl (C=O) groups is 1. The van der Waals surface area contributed by atoms with E-state index in [0.717, 1.165) is 24.0 Å². The SMILES string of the molecule is CC(Oc1ccc(Br)cc1)C(=O)N1CCCN(Cc2ccccc2F)CC1. The van der Waals surface area contributed by atoms with Crippen LogP contribution in [0.1, 0.15) is 18.9 Å². The molecule has 1 atom stereocenters. The van der Waals surface area contributed by atoms with Crippen molar-refractivity contribution in [3.8, 4) is 5.75 Å². The van der Waals surface area contributed by atoms with Crippen molar-refractivity contribution in [2.45, 2.75) is 26.0 Å². The van der Waals surface area contributed by atoms with Gasteiger partial charge in [0.1, 0.15) is 11.6 Å². The first-order chi connectivity index (χ1) is 13.0. The topological polar surface area (TPSA) is 32.8 Å². The van der Waals surface area contributed by atoms with Crippen LogP contribution in [0.4, 0.5) is 4.39 Å². The molecule has 2 aromatic rings. The number of carbonyl (C=O) groups excluding carboxylic acids is 1. The van der Waals surface area contributed by atoms with Gasteiger partial charge in [0, 0.05) is 42.8 Å². The molecule has 1 amide bonds. The van der Waals surface area contributed by atoms with Crippen LogP contribution in [-0.2, 0) is 11.3 Å². The Morgan fingerprint density at radius 1 is 1.11 bits per heavy atom. The van der Waals surface area contributed by atoms with E-state index in [1.165, 1.54) is 6.07 Å². The molecule has 1 saturated heterocycles. The zero-order valence-electron chi connectivity index (χ0n) is 15.4. The molecule has 0 N–H and O–H groups in total. The molecule has 0 bridgehead atoms. The fourth-order valence-corrected chi connectivity index (χ4v) is 3.51. The van der Waals surface area contributed by atoms with Gasteiger partial charge in [-0.15, -0.1) is 0 Å². The molecule has 27 heavy (non-hydrogen) atoms.